The number of benzene rings is 2. The standard InChI is InChI=1S/C30H34N6O/c31-20-23-6-8-24(9-7-23)22-35-16-12-26(13-17-35)34-30(37)29-11-10-27(21-32-29)33-25-14-18-36(19-15-25)28-4-2-1-3-5-28/h1-11,21,25-26,33H,12-19,22H2,(H,34,37). The Labute approximate surface area is 219 Å². The minimum absolute atomic E-state index is 0.103. The topological polar surface area (TPSA) is 84.3 Å². The van der Waals surface area contributed by atoms with Crippen molar-refractivity contribution in [3.63, 3.8) is 0 Å². The van der Waals surface area contributed by atoms with Crippen molar-refractivity contribution >= 4 is 17.3 Å². The largest absolute Gasteiger partial charge is 0.381 e. The molecule has 2 aromatic carbocycles. The number of hydrogen-bond donors (Lipinski definition) is 2. The lowest BCUT2D eigenvalue weighted by molar-refractivity contribution is 0.0904. The number of anilines is 2. The van der Waals surface area contributed by atoms with Gasteiger partial charge < -0.3 is 15.5 Å². The molecule has 2 aliphatic rings. The van der Waals surface area contributed by atoms with Gasteiger partial charge in [0.05, 0.1) is 23.5 Å². The van der Waals surface area contributed by atoms with Gasteiger partial charge in [0.15, 0.2) is 0 Å². The number of hydrogen-bond acceptors (Lipinski definition) is 6. The average Bonchev–Trinajstić information content (AvgIpc) is 2.96. The number of pyridine rings is 1. The van der Waals surface area contributed by atoms with Crippen molar-refractivity contribution in [2.45, 2.75) is 44.3 Å². The third kappa shape index (κ3) is 6.66. The summed E-state index contributed by atoms with van der Waals surface area (Å²) in [5, 5.41) is 15.7. The second-order valence-corrected chi connectivity index (χ2v) is 10.0. The molecule has 2 aliphatic heterocycles. The van der Waals surface area contributed by atoms with Crippen LogP contribution >= 0.6 is 0 Å². The van der Waals surface area contributed by atoms with E-state index >= 15 is 0 Å². The Balaban J connectivity index is 1.04. The molecule has 3 aromatic rings. The van der Waals surface area contributed by atoms with E-state index in [-0.39, 0.29) is 11.9 Å². The van der Waals surface area contributed by atoms with Crippen molar-refractivity contribution < 1.29 is 4.79 Å². The van der Waals surface area contributed by atoms with Crippen molar-refractivity contribution in [3.8, 4) is 6.07 Å². The molecule has 1 aromatic heterocycles. The van der Waals surface area contributed by atoms with E-state index in [1.807, 2.05) is 36.4 Å². The highest BCUT2D eigenvalue weighted by molar-refractivity contribution is 5.92. The van der Waals surface area contributed by atoms with Crippen molar-refractivity contribution in [1.29, 1.82) is 5.26 Å². The zero-order chi connectivity index (χ0) is 25.5. The fourth-order valence-electron chi connectivity index (χ4n) is 5.21. The third-order valence-electron chi connectivity index (χ3n) is 7.40. The zero-order valence-corrected chi connectivity index (χ0v) is 21.1. The summed E-state index contributed by atoms with van der Waals surface area (Å²) in [7, 11) is 0. The first-order valence-electron chi connectivity index (χ1n) is 13.2. The average molecular weight is 495 g/mol. The van der Waals surface area contributed by atoms with Crippen LogP contribution in [0.5, 0.6) is 0 Å². The first-order valence-corrected chi connectivity index (χ1v) is 13.2. The van der Waals surface area contributed by atoms with Crippen LogP contribution < -0.4 is 15.5 Å². The molecule has 7 nitrogen and oxygen atoms in total. The van der Waals surface area contributed by atoms with Gasteiger partial charge in [-0.3, -0.25) is 9.69 Å². The van der Waals surface area contributed by atoms with Gasteiger partial charge in [0.2, 0.25) is 0 Å². The predicted molar refractivity (Wildman–Crippen MR) is 146 cm³/mol. The summed E-state index contributed by atoms with van der Waals surface area (Å²) in [6.45, 7) is 4.80. The molecular formula is C30H34N6O. The van der Waals surface area contributed by atoms with Gasteiger partial charge in [-0.15, -0.1) is 0 Å². The van der Waals surface area contributed by atoms with E-state index in [0.29, 0.717) is 17.3 Å². The lowest BCUT2D eigenvalue weighted by atomic mass is 10.0. The van der Waals surface area contributed by atoms with E-state index in [4.69, 9.17) is 5.26 Å². The Bertz CT molecular complexity index is 1190. The Kier molecular flexibility index (Phi) is 7.97. The molecule has 2 fully saturated rings. The number of nitriles is 1. The van der Waals surface area contributed by atoms with Crippen LogP contribution in [0.4, 0.5) is 11.4 Å². The molecule has 0 atom stereocenters. The van der Waals surface area contributed by atoms with Gasteiger partial charge in [-0.25, -0.2) is 4.98 Å². The Morgan fingerprint density at radius 1 is 0.892 bits per heavy atom. The molecule has 0 spiro atoms. The van der Waals surface area contributed by atoms with E-state index in [1.54, 1.807) is 6.20 Å². The van der Waals surface area contributed by atoms with Crippen molar-refractivity contribution in [2.75, 3.05) is 36.4 Å². The minimum atomic E-state index is -0.103. The highest BCUT2D eigenvalue weighted by Crippen LogP contribution is 2.22. The van der Waals surface area contributed by atoms with E-state index < -0.39 is 0 Å². The lowest BCUT2D eigenvalue weighted by Gasteiger charge is -2.34. The molecule has 0 bridgehead atoms. The van der Waals surface area contributed by atoms with Crippen molar-refractivity contribution in [3.05, 3.63) is 89.7 Å². The molecule has 37 heavy (non-hydrogen) atoms. The second-order valence-electron chi connectivity index (χ2n) is 10.0. The number of nitrogens with one attached hydrogen (secondary N) is 2. The van der Waals surface area contributed by atoms with Gasteiger partial charge in [-0.05, 0) is 67.6 Å². The number of amides is 1. The Morgan fingerprint density at radius 3 is 2.24 bits per heavy atom. The Morgan fingerprint density at radius 2 is 1.59 bits per heavy atom. The normalized spacial score (nSPS) is 17.2. The van der Waals surface area contributed by atoms with Crippen LogP contribution in [0.25, 0.3) is 0 Å². The molecule has 1 amide bonds. The molecular weight excluding hydrogens is 460 g/mol. The SMILES string of the molecule is N#Cc1ccc(CN2CCC(NC(=O)c3ccc(NC4CCN(c5ccccc5)CC4)cn3)CC2)cc1. The van der Waals surface area contributed by atoms with Crippen molar-refractivity contribution in [1.82, 2.24) is 15.2 Å². The molecule has 7 heteroatoms. The van der Waals surface area contributed by atoms with Crippen LogP contribution in [0.15, 0.2) is 72.9 Å². The van der Waals surface area contributed by atoms with E-state index in [9.17, 15) is 4.79 Å². The van der Waals surface area contributed by atoms with E-state index in [1.165, 1.54) is 11.3 Å². The van der Waals surface area contributed by atoms with Crippen LogP contribution in [0.2, 0.25) is 0 Å². The first kappa shape index (κ1) is 24.8. The van der Waals surface area contributed by atoms with Gasteiger partial charge in [0.1, 0.15) is 5.69 Å². The number of rotatable bonds is 7. The van der Waals surface area contributed by atoms with Crippen LogP contribution in [0.1, 0.15) is 47.3 Å². The summed E-state index contributed by atoms with van der Waals surface area (Å²) >= 11 is 0. The van der Waals surface area contributed by atoms with Gasteiger partial charge in [-0.1, -0.05) is 30.3 Å². The van der Waals surface area contributed by atoms with Crippen LogP contribution in [0.3, 0.4) is 0 Å². The van der Waals surface area contributed by atoms with Crippen LogP contribution in [0, 0.1) is 11.3 Å². The lowest BCUT2D eigenvalue weighted by Crippen LogP contribution is -2.44. The highest BCUT2D eigenvalue weighted by Gasteiger charge is 2.22. The van der Waals surface area contributed by atoms with Gasteiger partial charge in [0, 0.05) is 50.5 Å². The molecule has 0 unspecified atom stereocenters. The second kappa shape index (κ2) is 11.9. The van der Waals surface area contributed by atoms with Gasteiger partial charge >= 0.3 is 0 Å². The maximum absolute atomic E-state index is 12.8. The molecule has 0 saturated carbocycles. The number of nitrogens with zero attached hydrogens (tertiary/aromatic N) is 4. The molecule has 0 aliphatic carbocycles. The maximum Gasteiger partial charge on any atom is 0.270 e. The van der Waals surface area contributed by atoms with Gasteiger partial charge in [0.25, 0.3) is 5.91 Å². The Hall–Kier alpha value is -3.89. The number of carbonyl (C=O) groups is 1. The fraction of sp³-hybridized carbons (Fsp3) is 0.367. The van der Waals surface area contributed by atoms with E-state index in [0.717, 1.165) is 64.1 Å². The molecule has 5 rings (SSSR count). The van der Waals surface area contributed by atoms with Crippen molar-refractivity contribution in [2.24, 2.45) is 0 Å². The molecule has 3 heterocycles. The summed E-state index contributed by atoms with van der Waals surface area (Å²) in [6, 6.07) is 24.9. The van der Waals surface area contributed by atoms with Gasteiger partial charge in [-0.2, -0.15) is 5.26 Å². The smallest absolute Gasteiger partial charge is 0.270 e. The quantitative estimate of drug-likeness (QED) is 0.506. The number of likely N-dealkylation sites (tertiary alicyclic amines) is 1. The van der Waals surface area contributed by atoms with Crippen LogP contribution in [-0.4, -0.2) is 54.1 Å². The number of carbonyl (C=O) groups excluding carboxylic acids is 1. The summed E-state index contributed by atoms with van der Waals surface area (Å²) in [4.78, 5) is 22.0. The number of piperidine rings is 2. The van der Waals surface area contributed by atoms with Crippen LogP contribution in [-0.2, 0) is 6.54 Å². The summed E-state index contributed by atoms with van der Waals surface area (Å²) in [6.07, 6.45) is 5.76. The molecule has 0 radical (unpaired) electrons. The fourth-order valence-corrected chi connectivity index (χ4v) is 5.21. The predicted octanol–water partition coefficient (Wildman–Crippen LogP) is 4.43. The highest BCUT2D eigenvalue weighted by atomic mass is 16.1. The third-order valence-corrected chi connectivity index (χ3v) is 7.40. The maximum atomic E-state index is 12.8. The number of aromatic nitrogens is 1. The number of para-hydroxylation sites is 1. The first-order chi connectivity index (χ1) is 18.2. The molecule has 2 N–H and O–H groups in total. The monoisotopic (exact) mass is 494 g/mol. The summed E-state index contributed by atoms with van der Waals surface area (Å²) in [5.74, 6) is -0.103. The molecule has 190 valence electrons. The van der Waals surface area contributed by atoms with E-state index in [2.05, 4.69) is 61.8 Å². The summed E-state index contributed by atoms with van der Waals surface area (Å²) in [5.41, 5.74) is 4.61. The minimum Gasteiger partial charge on any atom is -0.381 e. The summed E-state index contributed by atoms with van der Waals surface area (Å²) < 4.78 is 0. The zero-order valence-electron chi connectivity index (χ0n) is 21.1. The molecule has 2 saturated heterocycles.